The fourth-order valence-corrected chi connectivity index (χ4v) is 1.89. The third-order valence-corrected chi connectivity index (χ3v) is 3.19. The van der Waals surface area contributed by atoms with E-state index in [9.17, 15) is 4.79 Å². The van der Waals surface area contributed by atoms with Crippen LogP contribution >= 0.6 is 0 Å². The highest BCUT2D eigenvalue weighted by molar-refractivity contribution is 5.88. The van der Waals surface area contributed by atoms with Crippen molar-refractivity contribution in [3.8, 4) is 0 Å². The Hall–Kier alpha value is -0.910. The van der Waals surface area contributed by atoms with Crippen molar-refractivity contribution in [2.75, 3.05) is 34.2 Å². The van der Waals surface area contributed by atoms with Crippen LogP contribution in [0.4, 0.5) is 0 Å². The molecule has 0 aromatic heterocycles. The molecule has 0 bridgehead atoms. The minimum absolute atomic E-state index is 0.124. The Balaban J connectivity index is 4.09. The van der Waals surface area contributed by atoms with Crippen molar-refractivity contribution in [2.24, 2.45) is 0 Å². The molecule has 0 aromatic rings. The third-order valence-electron chi connectivity index (χ3n) is 3.19. The lowest BCUT2D eigenvalue weighted by Crippen LogP contribution is -2.23. The highest BCUT2D eigenvalue weighted by Gasteiger charge is 2.20. The topological polar surface area (TPSA) is 54.0 Å². The SMILES string of the molecule is C=C(C(=O)OC)C(CCCCCCC)OCOCCOC. The molecule has 1 unspecified atom stereocenters. The lowest BCUT2D eigenvalue weighted by Gasteiger charge is -2.19. The first-order valence-electron chi connectivity index (χ1n) is 7.62. The Kier molecular flexibility index (Phi) is 13.4. The molecular weight excluding hydrogens is 272 g/mol. The van der Waals surface area contributed by atoms with Gasteiger partial charge in [0.25, 0.3) is 0 Å². The monoisotopic (exact) mass is 302 g/mol. The Morgan fingerprint density at radius 2 is 1.81 bits per heavy atom. The van der Waals surface area contributed by atoms with E-state index in [1.54, 1.807) is 7.11 Å². The summed E-state index contributed by atoms with van der Waals surface area (Å²) in [4.78, 5) is 11.6. The second-order valence-corrected chi connectivity index (χ2v) is 4.89. The lowest BCUT2D eigenvalue weighted by atomic mass is 10.0. The predicted molar refractivity (Wildman–Crippen MR) is 82.1 cm³/mol. The van der Waals surface area contributed by atoms with E-state index in [0.717, 1.165) is 19.3 Å². The molecule has 0 spiro atoms. The van der Waals surface area contributed by atoms with Crippen molar-refractivity contribution in [1.29, 1.82) is 0 Å². The second kappa shape index (κ2) is 14.0. The van der Waals surface area contributed by atoms with Crippen LogP contribution in [0.3, 0.4) is 0 Å². The third kappa shape index (κ3) is 10.5. The molecule has 0 aromatic carbocycles. The summed E-state index contributed by atoms with van der Waals surface area (Å²) in [7, 11) is 2.96. The smallest absolute Gasteiger partial charge is 0.335 e. The van der Waals surface area contributed by atoms with Crippen molar-refractivity contribution < 1.29 is 23.7 Å². The van der Waals surface area contributed by atoms with Gasteiger partial charge in [-0.2, -0.15) is 0 Å². The number of unbranched alkanes of at least 4 members (excludes halogenated alkanes) is 4. The summed E-state index contributed by atoms with van der Waals surface area (Å²) in [5, 5.41) is 0. The van der Waals surface area contributed by atoms with Crippen molar-refractivity contribution in [3.63, 3.8) is 0 Å². The van der Waals surface area contributed by atoms with Crippen LogP contribution in [0, 0.1) is 0 Å². The molecule has 0 amide bonds. The first kappa shape index (κ1) is 20.1. The standard InChI is InChI=1S/C16H30O5/c1-5-6-7-8-9-10-15(14(2)16(17)19-4)21-13-20-12-11-18-3/h15H,2,5-13H2,1,3-4H3. The fraction of sp³-hybridized carbons (Fsp3) is 0.812. The number of methoxy groups -OCH3 is 2. The number of hydrogen-bond acceptors (Lipinski definition) is 5. The van der Waals surface area contributed by atoms with E-state index < -0.39 is 5.97 Å². The predicted octanol–water partition coefficient (Wildman–Crippen LogP) is 3.08. The summed E-state index contributed by atoms with van der Waals surface area (Å²) in [5.74, 6) is -0.426. The lowest BCUT2D eigenvalue weighted by molar-refractivity contribution is -0.140. The van der Waals surface area contributed by atoms with Gasteiger partial charge >= 0.3 is 5.97 Å². The largest absolute Gasteiger partial charge is 0.466 e. The number of esters is 1. The first-order valence-corrected chi connectivity index (χ1v) is 7.62. The van der Waals surface area contributed by atoms with Gasteiger partial charge in [0.15, 0.2) is 0 Å². The van der Waals surface area contributed by atoms with Crippen LogP contribution in [-0.2, 0) is 23.7 Å². The molecule has 0 saturated carbocycles. The Morgan fingerprint density at radius 3 is 2.43 bits per heavy atom. The van der Waals surface area contributed by atoms with E-state index >= 15 is 0 Å². The van der Waals surface area contributed by atoms with Gasteiger partial charge in [0.1, 0.15) is 6.79 Å². The van der Waals surface area contributed by atoms with E-state index in [2.05, 4.69) is 13.5 Å². The van der Waals surface area contributed by atoms with Crippen molar-refractivity contribution >= 4 is 5.97 Å². The number of ether oxygens (including phenoxy) is 4. The summed E-state index contributed by atoms with van der Waals surface area (Å²) in [6, 6.07) is 0. The fourth-order valence-electron chi connectivity index (χ4n) is 1.89. The summed E-state index contributed by atoms with van der Waals surface area (Å²) in [6.45, 7) is 7.06. The zero-order valence-corrected chi connectivity index (χ0v) is 13.7. The minimum Gasteiger partial charge on any atom is -0.466 e. The average Bonchev–Trinajstić information content (AvgIpc) is 2.51. The highest BCUT2D eigenvalue weighted by Crippen LogP contribution is 2.16. The molecule has 0 heterocycles. The molecule has 0 aliphatic carbocycles. The molecule has 0 aliphatic heterocycles. The van der Waals surface area contributed by atoms with Gasteiger partial charge in [-0.05, 0) is 6.42 Å². The molecule has 0 fully saturated rings. The van der Waals surface area contributed by atoms with Crippen LogP contribution in [0.25, 0.3) is 0 Å². The Labute approximate surface area is 128 Å². The highest BCUT2D eigenvalue weighted by atomic mass is 16.7. The molecule has 5 heteroatoms. The van der Waals surface area contributed by atoms with E-state index in [-0.39, 0.29) is 12.9 Å². The van der Waals surface area contributed by atoms with Gasteiger partial charge in [-0.3, -0.25) is 0 Å². The van der Waals surface area contributed by atoms with Crippen molar-refractivity contribution in [1.82, 2.24) is 0 Å². The van der Waals surface area contributed by atoms with Crippen molar-refractivity contribution in [2.45, 2.75) is 51.6 Å². The van der Waals surface area contributed by atoms with Gasteiger partial charge in [-0.1, -0.05) is 45.6 Å². The van der Waals surface area contributed by atoms with Crippen molar-refractivity contribution in [3.05, 3.63) is 12.2 Å². The van der Waals surface area contributed by atoms with Gasteiger partial charge < -0.3 is 18.9 Å². The molecule has 5 nitrogen and oxygen atoms in total. The molecule has 0 rings (SSSR count). The summed E-state index contributed by atoms with van der Waals surface area (Å²) in [5.41, 5.74) is 0.350. The average molecular weight is 302 g/mol. The number of carbonyl (C=O) groups excluding carboxylic acids is 1. The quantitative estimate of drug-likeness (QED) is 0.214. The second-order valence-electron chi connectivity index (χ2n) is 4.89. The van der Waals surface area contributed by atoms with E-state index in [1.165, 1.54) is 26.4 Å². The van der Waals surface area contributed by atoms with E-state index in [0.29, 0.717) is 18.8 Å². The van der Waals surface area contributed by atoms with Gasteiger partial charge in [0.05, 0.1) is 32.0 Å². The summed E-state index contributed by atoms with van der Waals surface area (Å²) >= 11 is 0. The molecule has 0 saturated heterocycles. The zero-order chi connectivity index (χ0) is 15.9. The van der Waals surface area contributed by atoms with Gasteiger partial charge in [-0.25, -0.2) is 4.79 Å². The van der Waals surface area contributed by atoms with Crippen LogP contribution in [0.5, 0.6) is 0 Å². The van der Waals surface area contributed by atoms with Crippen LogP contribution in [0.2, 0.25) is 0 Å². The normalized spacial score (nSPS) is 12.1. The van der Waals surface area contributed by atoms with Crippen LogP contribution in [0.1, 0.15) is 45.4 Å². The van der Waals surface area contributed by atoms with Crippen LogP contribution < -0.4 is 0 Å². The Bertz CT molecular complexity index is 264. The molecule has 0 N–H and O–H groups in total. The van der Waals surface area contributed by atoms with Gasteiger partial charge in [-0.15, -0.1) is 0 Å². The number of rotatable bonds is 14. The molecule has 21 heavy (non-hydrogen) atoms. The Morgan fingerprint density at radius 1 is 1.10 bits per heavy atom. The van der Waals surface area contributed by atoms with E-state index in [4.69, 9.17) is 18.9 Å². The molecule has 0 aliphatic rings. The minimum atomic E-state index is -0.426. The maximum Gasteiger partial charge on any atom is 0.335 e. The molecular formula is C16H30O5. The maximum absolute atomic E-state index is 11.6. The summed E-state index contributed by atoms with van der Waals surface area (Å²) < 4.78 is 20.5. The van der Waals surface area contributed by atoms with Crippen LogP contribution in [0.15, 0.2) is 12.2 Å². The summed E-state index contributed by atoms with van der Waals surface area (Å²) in [6.07, 6.45) is 6.20. The molecule has 1 atom stereocenters. The van der Waals surface area contributed by atoms with Crippen LogP contribution in [-0.4, -0.2) is 46.3 Å². The van der Waals surface area contributed by atoms with Gasteiger partial charge in [0.2, 0.25) is 0 Å². The number of hydrogen-bond donors (Lipinski definition) is 0. The zero-order valence-electron chi connectivity index (χ0n) is 13.7. The molecule has 0 radical (unpaired) electrons. The maximum atomic E-state index is 11.6. The number of carbonyl (C=O) groups is 1. The van der Waals surface area contributed by atoms with Gasteiger partial charge in [0, 0.05) is 7.11 Å². The molecule has 124 valence electrons. The van der Waals surface area contributed by atoms with E-state index in [1.807, 2.05) is 0 Å². The first-order chi connectivity index (χ1) is 10.2.